The molecule has 0 aliphatic carbocycles. The number of piperidine rings is 1. The molecular weight excluding hydrogens is 393 g/mol. The third kappa shape index (κ3) is 3.73. The molecule has 1 amide bonds. The summed E-state index contributed by atoms with van der Waals surface area (Å²) in [5, 5.41) is 0. The van der Waals surface area contributed by atoms with Crippen molar-refractivity contribution in [2.75, 3.05) is 6.54 Å². The van der Waals surface area contributed by atoms with Gasteiger partial charge in [0.05, 0.1) is 17.6 Å². The molecule has 2 fully saturated rings. The van der Waals surface area contributed by atoms with Crippen LogP contribution in [0.2, 0.25) is 0 Å². The summed E-state index contributed by atoms with van der Waals surface area (Å²) in [6.45, 7) is 7.01. The van der Waals surface area contributed by atoms with Gasteiger partial charge in [-0.15, -0.1) is 0 Å². The normalized spacial score (nSPS) is 25.0. The Morgan fingerprint density at radius 3 is 2.60 bits per heavy atom. The number of carbonyl (C=O) groups is 1. The van der Waals surface area contributed by atoms with Gasteiger partial charge in [0.25, 0.3) is 0 Å². The van der Waals surface area contributed by atoms with Crippen molar-refractivity contribution in [3.63, 3.8) is 0 Å². The lowest BCUT2D eigenvalue weighted by Crippen LogP contribution is -2.60. The van der Waals surface area contributed by atoms with Crippen LogP contribution in [-0.2, 0) is 30.6 Å². The fraction of sp³-hybridized carbons (Fsp3) is 0.545. The lowest BCUT2D eigenvalue weighted by molar-refractivity contribution is -0.144. The molecule has 162 valence electrons. The van der Waals surface area contributed by atoms with E-state index in [-0.39, 0.29) is 17.5 Å². The molecule has 1 aromatic heterocycles. The lowest BCUT2D eigenvalue weighted by Gasteiger charge is -2.48. The van der Waals surface area contributed by atoms with E-state index < -0.39 is 11.7 Å². The Labute approximate surface area is 174 Å². The molecule has 2 saturated heterocycles. The van der Waals surface area contributed by atoms with Crippen LogP contribution < -0.4 is 0 Å². The van der Waals surface area contributed by atoms with Gasteiger partial charge in [-0.1, -0.05) is 12.1 Å². The largest absolute Gasteiger partial charge is 0.416 e. The molecule has 0 spiro atoms. The molecule has 2 aliphatic rings. The van der Waals surface area contributed by atoms with E-state index in [1.54, 1.807) is 0 Å². The van der Waals surface area contributed by atoms with E-state index in [2.05, 4.69) is 28.3 Å². The molecule has 2 atom stereocenters. The van der Waals surface area contributed by atoms with E-state index in [0.29, 0.717) is 13.0 Å². The monoisotopic (exact) mass is 420 g/mol. The number of imidazole rings is 1. The number of benzene rings is 1. The second-order valence-electron chi connectivity index (χ2n) is 8.44. The minimum Gasteiger partial charge on any atom is -0.334 e. The highest BCUT2D eigenvalue weighted by Crippen LogP contribution is 2.42. The minimum atomic E-state index is -4.35. The summed E-state index contributed by atoms with van der Waals surface area (Å²) < 4.78 is 40.7. The highest BCUT2D eigenvalue weighted by molar-refractivity contribution is 5.78. The van der Waals surface area contributed by atoms with Crippen molar-refractivity contribution in [1.82, 2.24) is 19.4 Å². The smallest absolute Gasteiger partial charge is 0.334 e. The maximum absolute atomic E-state index is 12.9. The van der Waals surface area contributed by atoms with Gasteiger partial charge in [0, 0.05) is 44.5 Å². The molecule has 8 heteroatoms. The predicted octanol–water partition coefficient (Wildman–Crippen LogP) is 4.08. The second kappa shape index (κ2) is 7.72. The summed E-state index contributed by atoms with van der Waals surface area (Å²) in [4.78, 5) is 21.6. The molecule has 3 heterocycles. The minimum absolute atomic E-state index is 0.0746. The SMILES string of the molecule is CCn1ccnc1CN1CC[C@@]2(C)[C@@H]1CCC(=O)N2Cc1ccc(C(F)(F)F)cc1. The Hall–Kier alpha value is -2.35. The first-order valence-electron chi connectivity index (χ1n) is 10.4. The van der Waals surface area contributed by atoms with Crippen LogP contribution in [0.4, 0.5) is 13.2 Å². The maximum atomic E-state index is 12.9. The predicted molar refractivity (Wildman–Crippen MR) is 106 cm³/mol. The van der Waals surface area contributed by atoms with E-state index in [9.17, 15) is 18.0 Å². The number of aromatic nitrogens is 2. The van der Waals surface area contributed by atoms with Crippen molar-refractivity contribution >= 4 is 5.91 Å². The van der Waals surface area contributed by atoms with Gasteiger partial charge in [0.15, 0.2) is 0 Å². The maximum Gasteiger partial charge on any atom is 0.416 e. The summed E-state index contributed by atoms with van der Waals surface area (Å²) in [6.07, 6.45) is 1.54. The van der Waals surface area contributed by atoms with E-state index >= 15 is 0 Å². The van der Waals surface area contributed by atoms with Crippen molar-refractivity contribution in [3.8, 4) is 0 Å². The van der Waals surface area contributed by atoms with Crippen LogP contribution in [-0.4, -0.2) is 43.4 Å². The van der Waals surface area contributed by atoms with Crippen molar-refractivity contribution in [2.24, 2.45) is 0 Å². The average molecular weight is 420 g/mol. The van der Waals surface area contributed by atoms with E-state index in [4.69, 9.17) is 0 Å². The zero-order valence-corrected chi connectivity index (χ0v) is 17.3. The molecule has 0 bridgehead atoms. The number of aryl methyl sites for hydroxylation is 1. The van der Waals surface area contributed by atoms with Gasteiger partial charge in [0.1, 0.15) is 5.82 Å². The number of rotatable bonds is 5. The molecule has 2 aromatic rings. The molecule has 30 heavy (non-hydrogen) atoms. The third-order valence-corrected chi connectivity index (χ3v) is 6.72. The highest BCUT2D eigenvalue weighted by Gasteiger charge is 2.52. The Morgan fingerprint density at radius 2 is 1.93 bits per heavy atom. The fourth-order valence-corrected chi connectivity index (χ4v) is 4.98. The van der Waals surface area contributed by atoms with Crippen LogP contribution in [0.1, 0.15) is 50.1 Å². The molecule has 5 nitrogen and oxygen atoms in total. The van der Waals surface area contributed by atoms with Crippen LogP contribution in [0.3, 0.4) is 0 Å². The van der Waals surface area contributed by atoms with Crippen molar-refractivity contribution in [2.45, 2.75) is 70.5 Å². The van der Waals surface area contributed by atoms with Gasteiger partial charge < -0.3 is 9.47 Å². The Bertz CT molecular complexity index is 908. The van der Waals surface area contributed by atoms with Gasteiger partial charge in [0.2, 0.25) is 5.91 Å². The van der Waals surface area contributed by atoms with Crippen LogP contribution in [0.15, 0.2) is 36.7 Å². The summed E-state index contributed by atoms with van der Waals surface area (Å²) in [6, 6.07) is 5.36. The van der Waals surface area contributed by atoms with Gasteiger partial charge in [-0.25, -0.2) is 4.98 Å². The highest BCUT2D eigenvalue weighted by atomic mass is 19.4. The van der Waals surface area contributed by atoms with Gasteiger partial charge in [-0.05, 0) is 44.4 Å². The first-order chi connectivity index (χ1) is 14.2. The molecule has 1 aromatic carbocycles. The average Bonchev–Trinajstić information content (AvgIpc) is 3.29. The number of alkyl halides is 3. The molecular formula is C22H27F3N4O. The lowest BCUT2D eigenvalue weighted by atomic mass is 9.83. The van der Waals surface area contributed by atoms with Crippen molar-refractivity contribution in [1.29, 1.82) is 0 Å². The summed E-state index contributed by atoms with van der Waals surface area (Å²) in [5.41, 5.74) is -0.279. The summed E-state index contributed by atoms with van der Waals surface area (Å²) >= 11 is 0. The number of carbonyl (C=O) groups excluding carboxylic acids is 1. The van der Waals surface area contributed by atoms with Crippen LogP contribution in [0, 0.1) is 0 Å². The Morgan fingerprint density at radius 1 is 1.20 bits per heavy atom. The number of fused-ring (bicyclic) bond motifs is 1. The Balaban J connectivity index is 1.52. The van der Waals surface area contributed by atoms with Gasteiger partial charge in [-0.2, -0.15) is 13.2 Å². The van der Waals surface area contributed by atoms with Crippen LogP contribution >= 0.6 is 0 Å². The summed E-state index contributed by atoms with van der Waals surface area (Å²) in [5.74, 6) is 1.10. The molecule has 0 N–H and O–H groups in total. The third-order valence-electron chi connectivity index (χ3n) is 6.72. The summed E-state index contributed by atoms with van der Waals surface area (Å²) in [7, 11) is 0. The first kappa shape index (κ1) is 20.9. The first-order valence-corrected chi connectivity index (χ1v) is 10.4. The Kier molecular flexibility index (Phi) is 5.38. The molecule has 0 saturated carbocycles. The second-order valence-corrected chi connectivity index (χ2v) is 8.44. The quantitative estimate of drug-likeness (QED) is 0.732. The number of halogens is 3. The molecule has 2 aliphatic heterocycles. The molecule has 0 radical (unpaired) electrons. The number of hydrogen-bond acceptors (Lipinski definition) is 3. The van der Waals surface area contributed by atoms with Gasteiger partial charge in [-0.3, -0.25) is 9.69 Å². The van der Waals surface area contributed by atoms with E-state index in [1.165, 1.54) is 12.1 Å². The fourth-order valence-electron chi connectivity index (χ4n) is 4.98. The van der Waals surface area contributed by atoms with E-state index in [1.807, 2.05) is 17.3 Å². The zero-order valence-electron chi connectivity index (χ0n) is 17.3. The van der Waals surface area contributed by atoms with Crippen molar-refractivity contribution < 1.29 is 18.0 Å². The van der Waals surface area contributed by atoms with Gasteiger partial charge >= 0.3 is 6.18 Å². The zero-order chi connectivity index (χ0) is 21.5. The standard InChI is InChI=1S/C22H27F3N4O/c1-3-27-13-11-26-19(27)15-28-12-10-21(2)18(28)8-9-20(30)29(21)14-16-4-6-17(7-5-16)22(23,24)25/h4-7,11,13,18H,3,8-10,12,14-15H2,1-2H3/t18-,21-/m0/s1. The van der Waals surface area contributed by atoms with Crippen LogP contribution in [0.25, 0.3) is 0 Å². The topological polar surface area (TPSA) is 41.4 Å². The number of likely N-dealkylation sites (tertiary alicyclic amines) is 2. The number of amides is 1. The van der Waals surface area contributed by atoms with E-state index in [0.717, 1.165) is 56.0 Å². The van der Waals surface area contributed by atoms with Crippen molar-refractivity contribution in [3.05, 3.63) is 53.6 Å². The number of nitrogens with zero attached hydrogens (tertiary/aromatic N) is 4. The van der Waals surface area contributed by atoms with Crippen LogP contribution in [0.5, 0.6) is 0 Å². The molecule has 0 unspecified atom stereocenters. The molecule has 4 rings (SSSR count). The number of hydrogen-bond donors (Lipinski definition) is 0.